The van der Waals surface area contributed by atoms with Gasteiger partial charge in [0, 0.05) is 11.8 Å². The Morgan fingerprint density at radius 3 is 2.14 bits per heavy atom. The molecule has 2 atom stereocenters. The molecule has 0 aliphatic heterocycles. The minimum Gasteiger partial charge on any atom is -0.496 e. The summed E-state index contributed by atoms with van der Waals surface area (Å²) in [5, 5.41) is 0. The molecule has 0 fully saturated rings. The molecule has 124 valence electrons. The molecule has 0 aromatic heterocycles. The van der Waals surface area contributed by atoms with Crippen molar-refractivity contribution >= 4 is 12.7 Å². The molecule has 1 aromatic rings. The van der Waals surface area contributed by atoms with Crippen molar-refractivity contribution in [3.8, 4) is 11.5 Å². The van der Waals surface area contributed by atoms with E-state index in [0.717, 1.165) is 12.8 Å². The highest BCUT2D eigenvalue weighted by Gasteiger charge is 2.39. The Kier molecular flexibility index (Phi) is 7.15. The van der Waals surface area contributed by atoms with Crippen LogP contribution in [0.3, 0.4) is 0 Å². The van der Waals surface area contributed by atoms with Gasteiger partial charge in [-0.25, -0.2) is 0 Å². The maximum Gasteiger partial charge on any atom is 0.229 e. The first-order chi connectivity index (χ1) is 10.5. The summed E-state index contributed by atoms with van der Waals surface area (Å²) in [6, 6.07) is 5.17. The fourth-order valence-corrected chi connectivity index (χ4v) is 5.48. The largest absolute Gasteiger partial charge is 0.496 e. The zero-order valence-electron chi connectivity index (χ0n) is 14.2. The average molecular weight is 326 g/mol. The molecule has 0 radical (unpaired) electrons. The van der Waals surface area contributed by atoms with Crippen molar-refractivity contribution in [1.82, 2.24) is 0 Å². The molecular weight excluding hydrogens is 299 g/mol. The van der Waals surface area contributed by atoms with Crippen molar-refractivity contribution in [2.75, 3.05) is 20.4 Å². The van der Waals surface area contributed by atoms with Gasteiger partial charge in [0.25, 0.3) is 0 Å². The molecule has 4 nitrogen and oxygen atoms in total. The lowest BCUT2D eigenvalue weighted by atomic mass is 10.2. The SMILES string of the molecule is CCCCP(=O)(C(=O)c1c(OC)cccc1OC)C(C)CC. The highest BCUT2D eigenvalue weighted by molar-refractivity contribution is 7.81. The molecule has 0 amide bonds. The van der Waals surface area contributed by atoms with E-state index >= 15 is 0 Å². The standard InChI is InChI=1S/C17H27O4P/c1-6-8-12-22(19,13(3)7-2)17(18)16-14(20-4)10-9-11-15(16)21-5/h9-11,13H,6-8,12H2,1-5H3. The third kappa shape index (κ3) is 3.73. The number of rotatable bonds is 9. The van der Waals surface area contributed by atoms with Crippen molar-refractivity contribution in [3.63, 3.8) is 0 Å². The van der Waals surface area contributed by atoms with Crippen LogP contribution in [0.25, 0.3) is 0 Å². The summed E-state index contributed by atoms with van der Waals surface area (Å²) >= 11 is 0. The van der Waals surface area contributed by atoms with E-state index in [1.807, 2.05) is 20.8 Å². The Morgan fingerprint density at radius 1 is 1.18 bits per heavy atom. The van der Waals surface area contributed by atoms with Gasteiger partial charge in [-0.2, -0.15) is 0 Å². The summed E-state index contributed by atoms with van der Waals surface area (Å²) in [5.74, 6) is 0.841. The monoisotopic (exact) mass is 326 g/mol. The summed E-state index contributed by atoms with van der Waals surface area (Å²) in [6.45, 7) is 5.90. The topological polar surface area (TPSA) is 52.6 Å². The van der Waals surface area contributed by atoms with Crippen LogP contribution in [0.2, 0.25) is 0 Å². The van der Waals surface area contributed by atoms with Crippen LogP contribution in [0.5, 0.6) is 11.5 Å². The molecule has 0 aliphatic carbocycles. The number of hydrogen-bond acceptors (Lipinski definition) is 4. The molecule has 22 heavy (non-hydrogen) atoms. The highest BCUT2D eigenvalue weighted by Crippen LogP contribution is 2.57. The van der Waals surface area contributed by atoms with Gasteiger partial charge < -0.3 is 14.0 Å². The number of benzene rings is 1. The number of hydrogen-bond donors (Lipinski definition) is 0. The predicted octanol–water partition coefficient (Wildman–Crippen LogP) is 4.81. The Balaban J connectivity index is 3.39. The summed E-state index contributed by atoms with van der Waals surface area (Å²) in [6.07, 6.45) is 2.85. The smallest absolute Gasteiger partial charge is 0.229 e. The lowest BCUT2D eigenvalue weighted by Gasteiger charge is -2.24. The first-order valence-corrected chi connectivity index (χ1v) is 9.76. The van der Waals surface area contributed by atoms with Gasteiger partial charge in [-0.05, 0) is 25.0 Å². The van der Waals surface area contributed by atoms with Gasteiger partial charge in [0.05, 0.1) is 14.2 Å². The molecule has 5 heteroatoms. The van der Waals surface area contributed by atoms with Crippen LogP contribution in [0.1, 0.15) is 50.4 Å². The van der Waals surface area contributed by atoms with Crippen LogP contribution >= 0.6 is 7.14 Å². The third-order valence-corrected chi connectivity index (χ3v) is 7.81. The molecule has 2 unspecified atom stereocenters. The number of methoxy groups -OCH3 is 2. The van der Waals surface area contributed by atoms with E-state index in [4.69, 9.17) is 9.47 Å². The molecule has 0 saturated carbocycles. The summed E-state index contributed by atoms with van der Waals surface area (Å²) in [7, 11) is -0.00754. The summed E-state index contributed by atoms with van der Waals surface area (Å²) in [4.78, 5) is 13.1. The van der Waals surface area contributed by atoms with Crippen LogP contribution in [-0.2, 0) is 4.57 Å². The molecule has 1 rings (SSSR count). The Bertz CT molecular complexity index is 531. The molecule has 0 saturated heterocycles. The van der Waals surface area contributed by atoms with Gasteiger partial charge in [0.15, 0.2) is 7.14 Å². The zero-order valence-corrected chi connectivity index (χ0v) is 15.1. The van der Waals surface area contributed by atoms with E-state index in [1.165, 1.54) is 14.2 Å². The molecule has 0 heterocycles. The van der Waals surface area contributed by atoms with E-state index in [2.05, 4.69) is 0 Å². The van der Waals surface area contributed by atoms with Gasteiger partial charge in [0.1, 0.15) is 17.1 Å². The lowest BCUT2D eigenvalue weighted by molar-refractivity contribution is 0.106. The Labute approximate surface area is 133 Å². The lowest BCUT2D eigenvalue weighted by Crippen LogP contribution is -2.16. The van der Waals surface area contributed by atoms with Gasteiger partial charge in [-0.3, -0.25) is 4.79 Å². The van der Waals surface area contributed by atoms with Crippen LogP contribution in [0.4, 0.5) is 0 Å². The quantitative estimate of drug-likeness (QED) is 0.611. The van der Waals surface area contributed by atoms with Gasteiger partial charge in [0.2, 0.25) is 5.52 Å². The predicted molar refractivity (Wildman–Crippen MR) is 91.0 cm³/mol. The van der Waals surface area contributed by atoms with E-state index in [9.17, 15) is 9.36 Å². The minimum absolute atomic E-state index is 0.138. The first kappa shape index (κ1) is 18.8. The van der Waals surface area contributed by atoms with E-state index in [0.29, 0.717) is 29.6 Å². The molecule has 1 aromatic carbocycles. The van der Waals surface area contributed by atoms with Crippen molar-refractivity contribution in [2.45, 2.75) is 45.7 Å². The van der Waals surface area contributed by atoms with E-state index in [-0.39, 0.29) is 11.2 Å². The molecule has 0 bridgehead atoms. The normalized spacial score (nSPS) is 15.0. The zero-order chi connectivity index (χ0) is 16.8. The van der Waals surface area contributed by atoms with Gasteiger partial charge >= 0.3 is 0 Å². The number of ether oxygens (including phenoxy) is 2. The summed E-state index contributed by atoms with van der Waals surface area (Å²) < 4.78 is 24.1. The third-order valence-electron chi connectivity index (χ3n) is 4.13. The fourth-order valence-electron chi connectivity index (χ4n) is 2.46. The maximum atomic E-state index is 13.5. The van der Waals surface area contributed by atoms with Crippen molar-refractivity contribution in [3.05, 3.63) is 23.8 Å². The van der Waals surface area contributed by atoms with Crippen molar-refractivity contribution < 1.29 is 18.8 Å². The summed E-state index contributed by atoms with van der Waals surface area (Å²) in [5.41, 5.74) is -0.141. The molecule has 0 N–H and O–H groups in total. The Morgan fingerprint density at radius 2 is 1.73 bits per heavy atom. The second-order valence-corrected chi connectivity index (χ2v) is 8.80. The fraction of sp³-hybridized carbons (Fsp3) is 0.588. The minimum atomic E-state index is -3.02. The highest BCUT2D eigenvalue weighted by atomic mass is 31.2. The maximum absolute atomic E-state index is 13.5. The molecular formula is C17H27O4P. The van der Waals surface area contributed by atoms with Crippen LogP contribution in [0.15, 0.2) is 18.2 Å². The van der Waals surface area contributed by atoms with Crippen LogP contribution in [0, 0.1) is 0 Å². The van der Waals surface area contributed by atoms with Crippen LogP contribution in [-0.4, -0.2) is 31.6 Å². The van der Waals surface area contributed by atoms with Crippen LogP contribution < -0.4 is 9.47 Å². The number of carbonyl (C=O) groups is 1. The van der Waals surface area contributed by atoms with Crippen molar-refractivity contribution in [1.29, 1.82) is 0 Å². The number of unbranched alkanes of at least 4 members (excludes halogenated alkanes) is 1. The molecule has 0 aliphatic rings. The second kappa shape index (κ2) is 8.38. The van der Waals surface area contributed by atoms with Crippen molar-refractivity contribution in [2.24, 2.45) is 0 Å². The van der Waals surface area contributed by atoms with Gasteiger partial charge in [-0.15, -0.1) is 0 Å². The first-order valence-electron chi connectivity index (χ1n) is 7.80. The Hall–Kier alpha value is -1.28. The average Bonchev–Trinajstić information content (AvgIpc) is 2.57. The van der Waals surface area contributed by atoms with Gasteiger partial charge in [-0.1, -0.05) is 33.3 Å². The van der Waals surface area contributed by atoms with E-state index < -0.39 is 7.14 Å². The van der Waals surface area contributed by atoms with E-state index in [1.54, 1.807) is 18.2 Å². The second-order valence-electron chi connectivity index (χ2n) is 5.47. The molecule has 0 spiro atoms. The number of carbonyl (C=O) groups excluding carboxylic acids is 1.